The number of aryl methyl sites for hydroxylation is 1. The lowest BCUT2D eigenvalue weighted by atomic mass is 9.70. The number of amides is 1. The first-order chi connectivity index (χ1) is 8.58. The highest BCUT2D eigenvalue weighted by molar-refractivity contribution is 5.94. The first-order valence-electron chi connectivity index (χ1n) is 6.52. The van der Waals surface area contributed by atoms with Gasteiger partial charge in [-0.1, -0.05) is 13.3 Å². The summed E-state index contributed by atoms with van der Waals surface area (Å²) in [5.74, 6) is 0.272. The van der Waals surface area contributed by atoms with Crippen LogP contribution >= 0.6 is 0 Å². The summed E-state index contributed by atoms with van der Waals surface area (Å²) in [5.41, 5.74) is 1.24. The van der Waals surface area contributed by atoms with E-state index in [0.717, 1.165) is 49.8 Å². The van der Waals surface area contributed by atoms with Gasteiger partial charge in [-0.3, -0.25) is 19.9 Å². The summed E-state index contributed by atoms with van der Waals surface area (Å²) < 4.78 is 0. The number of anilines is 1. The molecular formula is C13H17N3O2. The Bertz CT molecular complexity index is 558. The van der Waals surface area contributed by atoms with E-state index in [1.807, 2.05) is 6.92 Å². The lowest BCUT2D eigenvalue weighted by molar-refractivity contribution is -0.128. The number of rotatable bonds is 2. The van der Waals surface area contributed by atoms with E-state index in [1.54, 1.807) is 0 Å². The molecule has 18 heavy (non-hydrogen) atoms. The fraction of sp³-hybridized carbons (Fsp3) is 0.615. The molecule has 1 aromatic heterocycles. The van der Waals surface area contributed by atoms with Crippen molar-refractivity contribution in [2.75, 3.05) is 5.32 Å². The highest BCUT2D eigenvalue weighted by Gasteiger charge is 2.39. The maximum Gasteiger partial charge on any atom is 0.255 e. The summed E-state index contributed by atoms with van der Waals surface area (Å²) >= 11 is 0. The van der Waals surface area contributed by atoms with Crippen LogP contribution in [0.5, 0.6) is 0 Å². The van der Waals surface area contributed by atoms with Crippen molar-refractivity contribution in [3.63, 3.8) is 0 Å². The zero-order valence-corrected chi connectivity index (χ0v) is 10.5. The third-order valence-corrected chi connectivity index (χ3v) is 4.18. The molecule has 1 amide bonds. The van der Waals surface area contributed by atoms with Gasteiger partial charge in [0.25, 0.3) is 5.56 Å². The number of fused-ring (bicyclic) bond motifs is 1. The topological polar surface area (TPSA) is 74.8 Å². The van der Waals surface area contributed by atoms with Gasteiger partial charge in [0.15, 0.2) is 0 Å². The number of carbonyl (C=O) groups excluding carboxylic acids is 1. The van der Waals surface area contributed by atoms with Crippen molar-refractivity contribution in [3.05, 3.63) is 21.6 Å². The van der Waals surface area contributed by atoms with Gasteiger partial charge in [0, 0.05) is 11.0 Å². The molecule has 0 saturated heterocycles. The van der Waals surface area contributed by atoms with Crippen LogP contribution in [0.25, 0.3) is 0 Å². The minimum Gasteiger partial charge on any atom is -0.296 e. The Hall–Kier alpha value is -1.65. The van der Waals surface area contributed by atoms with Gasteiger partial charge in [0.2, 0.25) is 11.9 Å². The first-order valence-corrected chi connectivity index (χ1v) is 6.52. The highest BCUT2D eigenvalue weighted by Crippen LogP contribution is 2.40. The summed E-state index contributed by atoms with van der Waals surface area (Å²) in [4.78, 5) is 30.9. The second-order valence-corrected chi connectivity index (χ2v) is 5.56. The molecule has 1 aromatic rings. The average Bonchev–Trinajstić information content (AvgIpc) is 2.74. The minimum absolute atomic E-state index is 0.0325. The van der Waals surface area contributed by atoms with Crippen LogP contribution in [0.1, 0.15) is 43.9 Å². The number of aromatic nitrogens is 2. The van der Waals surface area contributed by atoms with E-state index in [0.29, 0.717) is 5.95 Å². The molecule has 1 heterocycles. The number of aromatic amines is 1. The molecule has 0 aliphatic heterocycles. The third-order valence-electron chi connectivity index (χ3n) is 4.18. The summed E-state index contributed by atoms with van der Waals surface area (Å²) in [6, 6.07) is 0. The summed E-state index contributed by atoms with van der Waals surface area (Å²) in [6.45, 7) is 1.96. The maximum absolute atomic E-state index is 12.1. The molecule has 0 radical (unpaired) electrons. The molecule has 0 bridgehead atoms. The monoisotopic (exact) mass is 247 g/mol. The van der Waals surface area contributed by atoms with Gasteiger partial charge >= 0.3 is 0 Å². The Kier molecular flexibility index (Phi) is 2.50. The molecule has 0 unspecified atom stereocenters. The molecule has 2 aliphatic rings. The number of hydrogen-bond donors (Lipinski definition) is 2. The zero-order valence-electron chi connectivity index (χ0n) is 10.5. The summed E-state index contributed by atoms with van der Waals surface area (Å²) in [5, 5.41) is 2.75. The van der Waals surface area contributed by atoms with Crippen LogP contribution in [0.2, 0.25) is 0 Å². The van der Waals surface area contributed by atoms with Crippen LogP contribution < -0.4 is 10.9 Å². The van der Waals surface area contributed by atoms with Gasteiger partial charge < -0.3 is 0 Å². The van der Waals surface area contributed by atoms with Gasteiger partial charge in [-0.05, 0) is 32.1 Å². The molecule has 2 aliphatic carbocycles. The van der Waals surface area contributed by atoms with Crippen LogP contribution in [0.3, 0.4) is 0 Å². The second kappa shape index (κ2) is 3.93. The third kappa shape index (κ3) is 1.74. The van der Waals surface area contributed by atoms with Gasteiger partial charge in [-0.25, -0.2) is 4.98 Å². The predicted molar refractivity (Wildman–Crippen MR) is 67.5 cm³/mol. The van der Waals surface area contributed by atoms with Gasteiger partial charge in [0.05, 0.1) is 5.69 Å². The Morgan fingerprint density at radius 1 is 1.33 bits per heavy atom. The van der Waals surface area contributed by atoms with E-state index < -0.39 is 0 Å². The molecule has 5 heteroatoms. The van der Waals surface area contributed by atoms with Crippen molar-refractivity contribution in [3.8, 4) is 0 Å². The van der Waals surface area contributed by atoms with Crippen molar-refractivity contribution in [1.82, 2.24) is 9.97 Å². The normalized spacial score (nSPS) is 20.1. The zero-order chi connectivity index (χ0) is 12.8. The maximum atomic E-state index is 12.1. The molecule has 1 saturated carbocycles. The quantitative estimate of drug-likeness (QED) is 0.829. The van der Waals surface area contributed by atoms with Crippen molar-refractivity contribution in [1.29, 1.82) is 0 Å². The Morgan fingerprint density at radius 3 is 2.78 bits per heavy atom. The largest absolute Gasteiger partial charge is 0.296 e. The minimum atomic E-state index is -0.280. The number of carbonyl (C=O) groups is 1. The predicted octanol–water partition coefficient (Wildman–Crippen LogP) is 1.39. The average molecular weight is 247 g/mol. The number of nitrogens with one attached hydrogen (secondary N) is 2. The van der Waals surface area contributed by atoms with Crippen molar-refractivity contribution in [2.45, 2.75) is 45.4 Å². The molecule has 0 spiro atoms. The summed E-state index contributed by atoms with van der Waals surface area (Å²) in [6.07, 6.45) is 5.52. The lowest BCUT2D eigenvalue weighted by Crippen LogP contribution is -2.40. The number of hydrogen-bond acceptors (Lipinski definition) is 3. The molecule has 0 aromatic carbocycles. The Labute approximate surface area is 105 Å². The van der Waals surface area contributed by atoms with E-state index in [2.05, 4.69) is 15.3 Å². The second-order valence-electron chi connectivity index (χ2n) is 5.56. The fourth-order valence-electron chi connectivity index (χ4n) is 2.69. The van der Waals surface area contributed by atoms with Crippen molar-refractivity contribution >= 4 is 11.9 Å². The van der Waals surface area contributed by atoms with E-state index in [4.69, 9.17) is 0 Å². The van der Waals surface area contributed by atoms with Crippen molar-refractivity contribution < 1.29 is 4.79 Å². The lowest BCUT2D eigenvalue weighted by Gasteiger charge is -2.36. The van der Waals surface area contributed by atoms with E-state index in [9.17, 15) is 9.59 Å². The van der Waals surface area contributed by atoms with Crippen LogP contribution in [-0.2, 0) is 17.6 Å². The molecule has 96 valence electrons. The van der Waals surface area contributed by atoms with Gasteiger partial charge in [-0.15, -0.1) is 0 Å². The van der Waals surface area contributed by atoms with Crippen molar-refractivity contribution in [2.24, 2.45) is 5.41 Å². The molecule has 5 nitrogen and oxygen atoms in total. The molecule has 1 fully saturated rings. The van der Waals surface area contributed by atoms with Crippen LogP contribution in [0.15, 0.2) is 4.79 Å². The number of nitrogens with zero attached hydrogens (tertiary/aromatic N) is 1. The van der Waals surface area contributed by atoms with Crippen LogP contribution in [0, 0.1) is 5.41 Å². The number of H-pyrrole nitrogens is 1. The molecule has 3 rings (SSSR count). The molecule has 0 atom stereocenters. The van der Waals surface area contributed by atoms with E-state index >= 15 is 0 Å². The Balaban J connectivity index is 1.83. The standard InChI is InChI=1S/C13H17N3O2/c1-13(6-3-7-13)11(18)16-12-14-9-5-2-4-8(9)10(17)15-12/h2-7H2,1H3,(H2,14,15,16,17,18). The Morgan fingerprint density at radius 2 is 2.11 bits per heavy atom. The molecular weight excluding hydrogens is 230 g/mol. The van der Waals surface area contributed by atoms with E-state index in [1.165, 1.54) is 0 Å². The molecule has 2 N–H and O–H groups in total. The van der Waals surface area contributed by atoms with Crippen LogP contribution in [0.4, 0.5) is 5.95 Å². The SMILES string of the molecule is CC1(C(=O)Nc2nc3c(c(=O)[nH]2)CCC3)CCC1. The van der Waals surface area contributed by atoms with Gasteiger partial charge in [0.1, 0.15) is 0 Å². The summed E-state index contributed by atoms with van der Waals surface area (Å²) in [7, 11) is 0. The van der Waals surface area contributed by atoms with E-state index in [-0.39, 0.29) is 16.9 Å². The van der Waals surface area contributed by atoms with Gasteiger partial charge in [-0.2, -0.15) is 0 Å². The van der Waals surface area contributed by atoms with Crippen LogP contribution in [-0.4, -0.2) is 15.9 Å². The smallest absolute Gasteiger partial charge is 0.255 e. The fourth-order valence-corrected chi connectivity index (χ4v) is 2.69. The first kappa shape index (κ1) is 11.4. The highest BCUT2D eigenvalue weighted by atomic mass is 16.2.